The molecular formula is C44H70N2O10Sn. The Bertz CT molecular complexity index is 1460. The molecule has 2 rings (SSSR count). The van der Waals surface area contributed by atoms with Gasteiger partial charge in [0.2, 0.25) is 0 Å². The van der Waals surface area contributed by atoms with Crippen LogP contribution in [0.1, 0.15) is 134 Å². The predicted molar refractivity (Wildman–Crippen MR) is 225 cm³/mol. The van der Waals surface area contributed by atoms with E-state index in [0.717, 1.165) is 24.0 Å². The summed E-state index contributed by atoms with van der Waals surface area (Å²) < 4.78 is 36.8. The van der Waals surface area contributed by atoms with Crippen LogP contribution in [0.15, 0.2) is 48.5 Å². The third-order valence-electron chi connectivity index (χ3n) is 7.92. The van der Waals surface area contributed by atoms with E-state index in [9.17, 15) is 19.2 Å². The van der Waals surface area contributed by atoms with E-state index in [2.05, 4.69) is 10.6 Å². The van der Waals surface area contributed by atoms with E-state index in [-0.39, 0.29) is 12.8 Å². The summed E-state index contributed by atoms with van der Waals surface area (Å²) in [5.41, 5.74) is -0.944. The van der Waals surface area contributed by atoms with Crippen LogP contribution < -0.4 is 20.1 Å². The summed E-state index contributed by atoms with van der Waals surface area (Å²) >= 11 is -4.74. The van der Waals surface area contributed by atoms with Gasteiger partial charge < -0.3 is 0 Å². The standard InChI is InChI=1S/2C18H27NO5.2C4H9.Sn/c2*1-17(2,3)23-13-9-7-12(8-10-13)11-14(15(20)21)19-16(22)24-18(4,5)6;2*1-3-4-2;/h2*7-10,14H,11H2,1-6H3,(H,19,22)(H,20,21);2*1,3-4H2,2H3;/q;;;;+2/p-2. The fourth-order valence-corrected chi connectivity index (χ4v) is 15.6. The van der Waals surface area contributed by atoms with Gasteiger partial charge in [-0.15, -0.1) is 0 Å². The molecule has 0 radical (unpaired) electrons. The Morgan fingerprint density at radius 2 is 0.842 bits per heavy atom. The zero-order chi connectivity index (χ0) is 43.2. The molecule has 2 atom stereocenters. The van der Waals surface area contributed by atoms with Gasteiger partial charge >= 0.3 is 348 Å². The molecule has 0 saturated carbocycles. The molecule has 0 aliphatic carbocycles. The fourth-order valence-electron chi connectivity index (χ4n) is 5.60. The fraction of sp³-hybridized carbons (Fsp3) is 0.636. The Balaban J connectivity index is 2.54. The van der Waals surface area contributed by atoms with Crippen LogP contribution >= 0.6 is 0 Å². The predicted octanol–water partition coefficient (Wildman–Crippen LogP) is 9.74. The molecule has 13 heteroatoms. The van der Waals surface area contributed by atoms with Crippen molar-refractivity contribution in [3.8, 4) is 11.5 Å². The Morgan fingerprint density at radius 1 is 0.526 bits per heavy atom. The van der Waals surface area contributed by atoms with Gasteiger partial charge in [-0.25, -0.2) is 0 Å². The summed E-state index contributed by atoms with van der Waals surface area (Å²) in [6, 6.07) is 12.3. The average Bonchev–Trinajstić information content (AvgIpc) is 3.04. The summed E-state index contributed by atoms with van der Waals surface area (Å²) in [5, 5.41) is 5.45. The minimum atomic E-state index is -4.74. The van der Waals surface area contributed by atoms with Crippen molar-refractivity contribution in [2.45, 2.75) is 179 Å². The van der Waals surface area contributed by atoms with E-state index >= 15 is 0 Å². The number of benzene rings is 2. The number of hydrogen-bond acceptors (Lipinski definition) is 10. The molecule has 0 aliphatic rings. The summed E-state index contributed by atoms with van der Waals surface area (Å²) in [6.07, 6.45) is 1.45. The first-order valence-electron chi connectivity index (χ1n) is 20.2. The Labute approximate surface area is 346 Å². The van der Waals surface area contributed by atoms with Gasteiger partial charge in [0.05, 0.1) is 0 Å². The minimum absolute atomic E-state index is 0.0864. The van der Waals surface area contributed by atoms with E-state index in [1.807, 2.05) is 104 Å². The molecule has 0 heterocycles. The van der Waals surface area contributed by atoms with Crippen molar-refractivity contribution in [2.75, 3.05) is 0 Å². The molecule has 0 aromatic heterocycles. The summed E-state index contributed by atoms with van der Waals surface area (Å²) in [5.74, 6) is -0.0959. The first-order valence-corrected chi connectivity index (χ1v) is 26.6. The van der Waals surface area contributed by atoms with Gasteiger partial charge in [-0.1, -0.05) is 0 Å². The van der Waals surface area contributed by atoms with Gasteiger partial charge in [0.1, 0.15) is 0 Å². The normalized spacial score (nSPS) is 13.4. The molecule has 2 aromatic carbocycles. The van der Waals surface area contributed by atoms with Crippen LogP contribution in [0.3, 0.4) is 0 Å². The summed E-state index contributed by atoms with van der Waals surface area (Å²) in [6.45, 7) is 26.2. The third kappa shape index (κ3) is 20.5. The number of unbranched alkanes of at least 4 members (excludes halogenated alkanes) is 2. The molecule has 0 fully saturated rings. The van der Waals surface area contributed by atoms with Crippen LogP contribution in [0.25, 0.3) is 0 Å². The van der Waals surface area contributed by atoms with Crippen LogP contribution in [0.2, 0.25) is 8.87 Å². The van der Waals surface area contributed by atoms with E-state index in [1.54, 1.807) is 41.5 Å². The maximum atomic E-state index is 14.4. The van der Waals surface area contributed by atoms with Crippen LogP contribution in [-0.2, 0) is 38.1 Å². The molecule has 0 saturated heterocycles. The monoisotopic (exact) mass is 906 g/mol. The molecule has 2 aromatic rings. The Morgan fingerprint density at radius 3 is 1.11 bits per heavy atom. The van der Waals surface area contributed by atoms with Crippen molar-refractivity contribution in [1.29, 1.82) is 0 Å². The van der Waals surface area contributed by atoms with Gasteiger partial charge in [-0.3, -0.25) is 0 Å². The maximum absolute atomic E-state index is 14.4. The van der Waals surface area contributed by atoms with Gasteiger partial charge in [-0.05, 0) is 0 Å². The van der Waals surface area contributed by atoms with E-state index in [4.69, 9.17) is 25.1 Å². The molecule has 2 N–H and O–H groups in total. The zero-order valence-corrected chi connectivity index (χ0v) is 39.9. The molecule has 0 aliphatic heterocycles. The number of carbonyl (C=O) groups is 4. The second-order valence-electron chi connectivity index (χ2n) is 18.5. The molecule has 0 bridgehead atoms. The molecule has 2 amide bonds. The van der Waals surface area contributed by atoms with Gasteiger partial charge in [0, 0.05) is 0 Å². The molecule has 57 heavy (non-hydrogen) atoms. The number of carbonyl (C=O) groups excluding carboxylic acids is 4. The van der Waals surface area contributed by atoms with E-state index in [1.165, 1.54) is 0 Å². The average molecular weight is 906 g/mol. The number of alkyl carbamates (subject to hydrolysis) is 2. The SMILES string of the molecule is CCC[CH2][Sn]([CH2]CCC)([O]C(=O)C(Cc1ccc(OC(C)(C)C)cc1)NC(=O)OC(C)(C)C)[O]C(=O)C(Cc1ccc(OC(C)(C)C)cc1)NC(=O)OC(C)(C)C. The first kappa shape index (κ1) is 49.5. The van der Waals surface area contributed by atoms with Crippen LogP contribution in [0, 0.1) is 0 Å². The van der Waals surface area contributed by atoms with E-state index in [0.29, 0.717) is 33.2 Å². The summed E-state index contributed by atoms with van der Waals surface area (Å²) in [7, 11) is 0. The number of ether oxygens (including phenoxy) is 4. The van der Waals surface area contributed by atoms with Crippen molar-refractivity contribution >= 4 is 43.3 Å². The van der Waals surface area contributed by atoms with Gasteiger partial charge in [0.15, 0.2) is 0 Å². The van der Waals surface area contributed by atoms with Gasteiger partial charge in [0.25, 0.3) is 0 Å². The van der Waals surface area contributed by atoms with Gasteiger partial charge in [-0.2, -0.15) is 0 Å². The van der Waals surface area contributed by atoms with Crippen molar-refractivity contribution < 1.29 is 44.3 Å². The Kier molecular flexibility index (Phi) is 18.5. The molecule has 12 nitrogen and oxygen atoms in total. The number of amides is 2. The molecule has 320 valence electrons. The van der Waals surface area contributed by atoms with Crippen LogP contribution in [0.4, 0.5) is 9.59 Å². The van der Waals surface area contributed by atoms with Crippen molar-refractivity contribution in [2.24, 2.45) is 0 Å². The third-order valence-corrected chi connectivity index (χ3v) is 17.6. The van der Waals surface area contributed by atoms with Crippen molar-refractivity contribution in [1.82, 2.24) is 10.6 Å². The van der Waals surface area contributed by atoms with Crippen LogP contribution in [0.5, 0.6) is 11.5 Å². The molecular weight excluding hydrogens is 835 g/mol. The molecule has 2 unspecified atom stereocenters. The number of hydrogen-bond donors (Lipinski definition) is 2. The van der Waals surface area contributed by atoms with Crippen LogP contribution in [-0.4, -0.2) is 77.8 Å². The van der Waals surface area contributed by atoms with Crippen molar-refractivity contribution in [3.05, 3.63) is 59.7 Å². The Hall–Kier alpha value is -3.68. The summed E-state index contributed by atoms with van der Waals surface area (Å²) in [4.78, 5) is 55.0. The molecule has 0 spiro atoms. The second kappa shape index (κ2) is 21.4. The zero-order valence-electron chi connectivity index (χ0n) is 37.0. The van der Waals surface area contributed by atoms with Crippen molar-refractivity contribution in [3.63, 3.8) is 0 Å². The van der Waals surface area contributed by atoms with E-state index < -0.39 is 77.8 Å². The second-order valence-corrected chi connectivity index (χ2v) is 27.7. The topological polar surface area (TPSA) is 148 Å². The number of rotatable bonds is 18. The number of nitrogens with one attached hydrogen (secondary N) is 2. The quantitative estimate of drug-likeness (QED) is 0.139. The first-order chi connectivity index (χ1) is 26.2.